The molecule has 1 fully saturated rings. The van der Waals surface area contributed by atoms with Crippen LogP contribution in [0, 0.1) is 3.95 Å². The van der Waals surface area contributed by atoms with Crippen molar-refractivity contribution in [3.8, 4) is 0 Å². The molecule has 1 aromatic heterocycles. The molecule has 1 aromatic carbocycles. The van der Waals surface area contributed by atoms with E-state index < -0.39 is 0 Å². The minimum absolute atomic E-state index is 0.848. The smallest absolute Gasteiger partial charge is 0.159 e. The molecule has 2 aromatic rings. The van der Waals surface area contributed by atoms with Crippen molar-refractivity contribution in [1.82, 2.24) is 10.3 Å². The Morgan fingerprint density at radius 3 is 2.38 bits per heavy atom. The third kappa shape index (κ3) is 3.40. The van der Waals surface area contributed by atoms with Crippen LogP contribution in [0.25, 0.3) is 10.2 Å². The van der Waals surface area contributed by atoms with Crippen molar-refractivity contribution >= 4 is 33.8 Å². The Hall–Kier alpha value is -0.710. The van der Waals surface area contributed by atoms with Crippen molar-refractivity contribution in [2.75, 3.05) is 13.1 Å². The number of H-pyrrole nitrogens is 1. The van der Waals surface area contributed by atoms with Crippen LogP contribution in [0.15, 0.2) is 24.3 Å². The Labute approximate surface area is 105 Å². The van der Waals surface area contributed by atoms with Crippen LogP contribution >= 0.6 is 23.6 Å². The number of aromatic nitrogens is 1. The first kappa shape index (κ1) is 11.8. The number of para-hydroxylation sites is 1. The van der Waals surface area contributed by atoms with E-state index in [1.165, 1.54) is 37.1 Å². The number of benzene rings is 1. The summed E-state index contributed by atoms with van der Waals surface area (Å²) >= 11 is 6.59. The van der Waals surface area contributed by atoms with Gasteiger partial charge in [-0.3, -0.25) is 0 Å². The van der Waals surface area contributed by atoms with E-state index in [1.807, 2.05) is 18.2 Å². The van der Waals surface area contributed by atoms with Gasteiger partial charge < -0.3 is 10.3 Å². The average Bonchev–Trinajstić information content (AvgIpc) is 2.72. The Morgan fingerprint density at radius 2 is 1.81 bits per heavy atom. The number of aromatic amines is 1. The molecular formula is C12H16N2S2. The lowest BCUT2D eigenvalue weighted by atomic mass is 10.2. The van der Waals surface area contributed by atoms with Crippen LogP contribution in [0.2, 0.25) is 0 Å². The first-order valence-electron chi connectivity index (χ1n) is 5.65. The van der Waals surface area contributed by atoms with Gasteiger partial charge >= 0.3 is 0 Å². The quantitative estimate of drug-likeness (QED) is 0.699. The zero-order chi connectivity index (χ0) is 11.2. The van der Waals surface area contributed by atoms with Gasteiger partial charge in [0, 0.05) is 0 Å². The van der Waals surface area contributed by atoms with Gasteiger partial charge in [0.05, 0.1) is 10.2 Å². The predicted octanol–water partition coefficient (Wildman–Crippen LogP) is 3.72. The van der Waals surface area contributed by atoms with E-state index in [0.717, 1.165) is 9.47 Å². The van der Waals surface area contributed by atoms with Crippen molar-refractivity contribution in [2.24, 2.45) is 0 Å². The summed E-state index contributed by atoms with van der Waals surface area (Å²) in [4.78, 5) is 3.09. The number of thiazole rings is 1. The van der Waals surface area contributed by atoms with Gasteiger partial charge in [-0.05, 0) is 50.3 Å². The van der Waals surface area contributed by atoms with E-state index in [0.29, 0.717) is 0 Å². The molecule has 1 saturated heterocycles. The summed E-state index contributed by atoms with van der Waals surface area (Å²) in [5, 5.41) is 3.28. The standard InChI is InChI=1S/C7H5NS2.C5H11N/c9-7-8-5-3-1-2-4-6(5)10-7;1-2-4-6-5-3-1/h1-4H,(H,8,9);6H,1-5H2. The highest BCUT2D eigenvalue weighted by atomic mass is 32.1. The highest BCUT2D eigenvalue weighted by molar-refractivity contribution is 7.73. The summed E-state index contributed by atoms with van der Waals surface area (Å²) in [6.45, 7) is 2.50. The zero-order valence-corrected chi connectivity index (χ0v) is 10.8. The van der Waals surface area contributed by atoms with Crippen LogP contribution in [0.5, 0.6) is 0 Å². The van der Waals surface area contributed by atoms with Gasteiger partial charge in [0.1, 0.15) is 0 Å². The minimum atomic E-state index is 0.848. The normalized spacial score (nSPS) is 15.5. The molecular weight excluding hydrogens is 236 g/mol. The van der Waals surface area contributed by atoms with Crippen LogP contribution in [0.1, 0.15) is 19.3 Å². The molecule has 86 valence electrons. The van der Waals surface area contributed by atoms with E-state index in [2.05, 4.69) is 16.4 Å². The fourth-order valence-corrected chi connectivity index (χ4v) is 2.81. The number of fused-ring (bicyclic) bond motifs is 1. The van der Waals surface area contributed by atoms with Crippen molar-refractivity contribution in [2.45, 2.75) is 19.3 Å². The minimum Gasteiger partial charge on any atom is -0.337 e. The van der Waals surface area contributed by atoms with Gasteiger partial charge in [0.2, 0.25) is 0 Å². The average molecular weight is 252 g/mol. The monoisotopic (exact) mass is 252 g/mol. The van der Waals surface area contributed by atoms with Crippen molar-refractivity contribution in [1.29, 1.82) is 0 Å². The molecule has 3 rings (SSSR count). The lowest BCUT2D eigenvalue weighted by molar-refractivity contribution is 0.520. The SMILES string of the molecule is C1CCNCC1.S=c1[nH]c2ccccc2s1. The summed E-state index contributed by atoms with van der Waals surface area (Å²) in [6.07, 6.45) is 4.22. The molecule has 16 heavy (non-hydrogen) atoms. The molecule has 0 atom stereocenters. The number of rotatable bonds is 0. The van der Waals surface area contributed by atoms with Gasteiger partial charge in [0.25, 0.3) is 0 Å². The summed E-state index contributed by atoms with van der Waals surface area (Å²) in [6, 6.07) is 8.11. The fraction of sp³-hybridized carbons (Fsp3) is 0.417. The van der Waals surface area contributed by atoms with E-state index in [-0.39, 0.29) is 0 Å². The second kappa shape index (κ2) is 6.13. The van der Waals surface area contributed by atoms with Gasteiger partial charge in [-0.2, -0.15) is 0 Å². The third-order valence-corrected chi connectivity index (χ3v) is 3.75. The topological polar surface area (TPSA) is 27.8 Å². The largest absolute Gasteiger partial charge is 0.337 e. The molecule has 1 aliphatic rings. The van der Waals surface area contributed by atoms with Crippen molar-refractivity contribution < 1.29 is 0 Å². The summed E-state index contributed by atoms with van der Waals surface area (Å²) in [5.41, 5.74) is 1.14. The molecule has 0 bridgehead atoms. The number of hydrogen-bond donors (Lipinski definition) is 2. The summed E-state index contributed by atoms with van der Waals surface area (Å²) < 4.78 is 2.08. The maximum Gasteiger partial charge on any atom is 0.159 e. The Bertz CT molecular complexity index is 435. The van der Waals surface area contributed by atoms with Crippen molar-refractivity contribution in [3.63, 3.8) is 0 Å². The second-order valence-corrected chi connectivity index (χ2v) is 5.54. The highest BCUT2D eigenvalue weighted by Gasteiger charge is 1.93. The highest BCUT2D eigenvalue weighted by Crippen LogP contribution is 2.17. The molecule has 0 spiro atoms. The molecule has 0 amide bonds. The summed E-state index contributed by atoms with van der Waals surface area (Å²) in [5.74, 6) is 0. The van der Waals surface area contributed by atoms with Crippen molar-refractivity contribution in [3.05, 3.63) is 28.2 Å². The lowest BCUT2D eigenvalue weighted by Gasteiger charge is -2.08. The molecule has 2 heterocycles. The molecule has 0 saturated carbocycles. The number of piperidine rings is 1. The molecule has 0 radical (unpaired) electrons. The van der Waals surface area contributed by atoms with Gasteiger partial charge in [-0.1, -0.05) is 18.6 Å². The Balaban J connectivity index is 0.000000138. The summed E-state index contributed by atoms with van der Waals surface area (Å²) in [7, 11) is 0. The number of hydrogen-bond acceptors (Lipinski definition) is 3. The van der Waals surface area contributed by atoms with Gasteiger partial charge in [-0.25, -0.2) is 0 Å². The Morgan fingerprint density at radius 1 is 1.06 bits per heavy atom. The fourth-order valence-electron chi connectivity index (χ4n) is 1.70. The maximum atomic E-state index is 4.98. The lowest BCUT2D eigenvalue weighted by Crippen LogP contribution is -2.21. The predicted molar refractivity (Wildman–Crippen MR) is 73.7 cm³/mol. The van der Waals surface area contributed by atoms with E-state index in [1.54, 1.807) is 11.3 Å². The van der Waals surface area contributed by atoms with E-state index in [4.69, 9.17) is 12.2 Å². The zero-order valence-electron chi connectivity index (χ0n) is 9.16. The van der Waals surface area contributed by atoms with Gasteiger partial charge in [-0.15, -0.1) is 11.3 Å². The molecule has 2 nitrogen and oxygen atoms in total. The molecule has 0 unspecified atom stereocenters. The second-order valence-electron chi connectivity index (χ2n) is 3.82. The maximum absolute atomic E-state index is 4.98. The molecule has 4 heteroatoms. The number of nitrogens with one attached hydrogen (secondary N) is 2. The van der Waals surface area contributed by atoms with Crippen LogP contribution in [-0.4, -0.2) is 18.1 Å². The first-order chi connectivity index (χ1) is 7.86. The molecule has 1 aliphatic heterocycles. The van der Waals surface area contributed by atoms with E-state index >= 15 is 0 Å². The molecule has 2 N–H and O–H groups in total. The van der Waals surface area contributed by atoms with Crippen LogP contribution in [0.3, 0.4) is 0 Å². The molecule has 0 aliphatic carbocycles. The Kier molecular flexibility index (Phi) is 4.51. The first-order valence-corrected chi connectivity index (χ1v) is 6.87. The van der Waals surface area contributed by atoms with Crippen LogP contribution in [0.4, 0.5) is 0 Å². The van der Waals surface area contributed by atoms with Crippen LogP contribution in [-0.2, 0) is 0 Å². The van der Waals surface area contributed by atoms with E-state index in [9.17, 15) is 0 Å². The van der Waals surface area contributed by atoms with Crippen LogP contribution < -0.4 is 5.32 Å². The third-order valence-electron chi connectivity index (χ3n) is 2.53. The van der Waals surface area contributed by atoms with Gasteiger partial charge in [0.15, 0.2) is 3.95 Å².